The summed E-state index contributed by atoms with van der Waals surface area (Å²) in [6.45, 7) is 13.6. The number of nitrogens with one attached hydrogen (secondary N) is 1. The summed E-state index contributed by atoms with van der Waals surface area (Å²) < 4.78 is 65.9. The van der Waals surface area contributed by atoms with Crippen LogP contribution in [0.25, 0.3) is 0 Å². The Morgan fingerprint density at radius 1 is 0.429 bits per heavy atom. The van der Waals surface area contributed by atoms with Gasteiger partial charge in [-0.05, 0) is 25.9 Å². The monoisotopic (exact) mass is 708 g/mol. The zero-order valence-corrected chi connectivity index (χ0v) is 29.2. The Hall–Kier alpha value is -1.64. The smallest absolute Gasteiger partial charge is 0.253 e. The maximum atomic E-state index is 11.4. The topological polar surface area (TPSA) is 160 Å². The van der Waals surface area contributed by atoms with Gasteiger partial charge in [0.05, 0.1) is 165 Å². The lowest BCUT2D eigenvalue weighted by molar-refractivity contribution is -0.137. The largest absolute Gasteiger partial charge is 0.377 e. The first kappa shape index (κ1) is 43.5. The molecule has 2 aliphatic heterocycles. The van der Waals surface area contributed by atoms with E-state index in [0.717, 1.165) is 30.8 Å². The summed E-state index contributed by atoms with van der Waals surface area (Å²) in [5, 5.41) is 3.32. The van der Waals surface area contributed by atoms with Gasteiger partial charge in [-0.3, -0.25) is 14.5 Å². The third-order valence-electron chi connectivity index (χ3n) is 6.95. The summed E-state index contributed by atoms with van der Waals surface area (Å²) in [5.74, 6) is -0.612. The van der Waals surface area contributed by atoms with Crippen LogP contribution in [-0.2, 0) is 66.4 Å². The molecule has 0 aromatic carbocycles. The van der Waals surface area contributed by atoms with Gasteiger partial charge in [0, 0.05) is 12.2 Å². The van der Waals surface area contributed by atoms with Gasteiger partial charge in [-0.15, -0.1) is 0 Å². The lowest BCUT2D eigenvalue weighted by atomic mass is 10.1. The Labute approximate surface area is 291 Å². The summed E-state index contributed by atoms with van der Waals surface area (Å²) in [4.78, 5) is 23.9. The van der Waals surface area contributed by atoms with Gasteiger partial charge in [-0.2, -0.15) is 0 Å². The van der Waals surface area contributed by atoms with E-state index in [2.05, 4.69) is 5.32 Å². The number of piperidine rings is 1. The first-order valence-electron chi connectivity index (χ1n) is 17.5. The first-order valence-corrected chi connectivity index (χ1v) is 17.5. The predicted molar refractivity (Wildman–Crippen MR) is 177 cm³/mol. The summed E-state index contributed by atoms with van der Waals surface area (Å²) in [7, 11) is 0. The van der Waals surface area contributed by atoms with Gasteiger partial charge < -0.3 is 62.2 Å². The molecule has 0 bridgehead atoms. The molecule has 16 nitrogen and oxygen atoms in total. The first-order chi connectivity index (χ1) is 24.3. The van der Waals surface area contributed by atoms with Gasteiger partial charge in [0.15, 0.2) is 0 Å². The second-order valence-electron chi connectivity index (χ2n) is 10.7. The molecule has 2 aliphatic rings. The van der Waals surface area contributed by atoms with E-state index in [1.54, 1.807) is 0 Å². The van der Waals surface area contributed by atoms with E-state index in [9.17, 15) is 9.59 Å². The lowest BCUT2D eigenvalue weighted by Crippen LogP contribution is -2.33. The Balaban J connectivity index is 1.12. The predicted octanol–water partition coefficient (Wildman–Crippen LogP) is -0.137. The van der Waals surface area contributed by atoms with Crippen molar-refractivity contribution < 1.29 is 66.4 Å². The van der Waals surface area contributed by atoms with E-state index in [1.165, 1.54) is 12.2 Å². The van der Waals surface area contributed by atoms with E-state index in [1.807, 2.05) is 0 Å². The fourth-order valence-corrected chi connectivity index (χ4v) is 4.34. The summed E-state index contributed by atoms with van der Waals surface area (Å²) >= 11 is 0. The van der Waals surface area contributed by atoms with E-state index in [0.29, 0.717) is 151 Å². The van der Waals surface area contributed by atoms with Crippen LogP contribution in [0.15, 0.2) is 12.2 Å². The number of carbonyl (C=O) groups excluding carboxylic acids is 2. The highest BCUT2D eigenvalue weighted by atomic mass is 16.6. The average Bonchev–Trinajstić information content (AvgIpc) is 3.44. The van der Waals surface area contributed by atoms with Crippen LogP contribution >= 0.6 is 0 Å². The molecule has 2 amide bonds. The minimum atomic E-state index is -0.306. The summed E-state index contributed by atoms with van der Waals surface area (Å²) in [5.41, 5.74) is 0. The van der Waals surface area contributed by atoms with Gasteiger partial charge in [0.1, 0.15) is 0 Å². The molecule has 2 heterocycles. The second-order valence-corrected chi connectivity index (χ2v) is 10.7. The third-order valence-corrected chi connectivity index (χ3v) is 6.95. The molecule has 286 valence electrons. The zero-order valence-electron chi connectivity index (χ0n) is 29.2. The molecule has 0 unspecified atom stereocenters. The van der Waals surface area contributed by atoms with E-state index >= 15 is 0 Å². The minimum absolute atomic E-state index is 0.240. The fourth-order valence-electron chi connectivity index (χ4n) is 4.34. The number of hydrogen-bond acceptors (Lipinski definition) is 15. The molecule has 1 N–H and O–H groups in total. The normalized spacial score (nSPS) is 15.3. The SMILES string of the molecule is O=C1C=CC(=O)N1CCOCCOCCOCCOCCOCCOCCOCCOCCOCCOCCOCCOC1CCNCC1. The molecule has 0 atom stereocenters. The fraction of sp³-hybridized carbons (Fsp3) is 0.879. The Morgan fingerprint density at radius 3 is 1.00 bits per heavy atom. The van der Waals surface area contributed by atoms with E-state index in [-0.39, 0.29) is 25.0 Å². The second kappa shape index (κ2) is 33.5. The number of hydrogen-bond donors (Lipinski definition) is 1. The Morgan fingerprint density at radius 2 is 0.694 bits per heavy atom. The molecule has 0 radical (unpaired) electrons. The number of imide groups is 1. The molecular formula is C33H60N2O14. The number of carbonyl (C=O) groups is 2. The molecule has 16 heteroatoms. The van der Waals surface area contributed by atoms with Crippen molar-refractivity contribution in [1.29, 1.82) is 0 Å². The van der Waals surface area contributed by atoms with Crippen LogP contribution < -0.4 is 5.32 Å². The van der Waals surface area contributed by atoms with Crippen molar-refractivity contribution in [1.82, 2.24) is 10.2 Å². The molecule has 2 rings (SSSR count). The highest BCUT2D eigenvalue weighted by Crippen LogP contribution is 2.06. The van der Waals surface area contributed by atoms with E-state index < -0.39 is 0 Å². The maximum Gasteiger partial charge on any atom is 0.253 e. The van der Waals surface area contributed by atoms with Crippen molar-refractivity contribution in [2.75, 3.05) is 172 Å². The van der Waals surface area contributed by atoms with Crippen molar-refractivity contribution in [3.63, 3.8) is 0 Å². The number of nitrogens with zero attached hydrogens (tertiary/aromatic N) is 1. The summed E-state index contributed by atoms with van der Waals surface area (Å²) in [6.07, 6.45) is 5.03. The van der Waals surface area contributed by atoms with Crippen molar-refractivity contribution in [2.24, 2.45) is 0 Å². The summed E-state index contributed by atoms with van der Waals surface area (Å²) in [6, 6.07) is 0. The highest BCUT2D eigenvalue weighted by molar-refractivity contribution is 6.12. The molecule has 0 spiro atoms. The van der Waals surface area contributed by atoms with Crippen molar-refractivity contribution in [3.8, 4) is 0 Å². The van der Waals surface area contributed by atoms with Crippen LogP contribution in [0.4, 0.5) is 0 Å². The lowest BCUT2D eigenvalue weighted by Gasteiger charge is -2.22. The Bertz CT molecular complexity index is 785. The zero-order chi connectivity index (χ0) is 34.7. The quantitative estimate of drug-likeness (QED) is 0.0671. The van der Waals surface area contributed by atoms with Crippen molar-refractivity contribution in [3.05, 3.63) is 12.2 Å². The standard InChI is InChI=1S/C33H60N2O14/c36-32-1-2-33(37)35(32)7-8-38-9-10-39-11-12-40-13-14-41-15-16-42-17-18-43-19-20-44-21-22-45-23-24-46-25-26-47-27-28-48-29-30-49-31-3-5-34-6-4-31/h1-2,31,34H,3-30H2. The van der Waals surface area contributed by atoms with Gasteiger partial charge in [0.25, 0.3) is 11.8 Å². The molecule has 0 aromatic rings. The van der Waals surface area contributed by atoms with Gasteiger partial charge in [-0.1, -0.05) is 0 Å². The van der Waals surface area contributed by atoms with Crippen molar-refractivity contribution >= 4 is 11.8 Å². The highest BCUT2D eigenvalue weighted by Gasteiger charge is 2.22. The average molecular weight is 709 g/mol. The molecular weight excluding hydrogens is 648 g/mol. The van der Waals surface area contributed by atoms with Crippen LogP contribution in [0.2, 0.25) is 0 Å². The van der Waals surface area contributed by atoms with Crippen molar-refractivity contribution in [2.45, 2.75) is 18.9 Å². The number of rotatable bonds is 37. The van der Waals surface area contributed by atoms with Crippen LogP contribution in [-0.4, -0.2) is 194 Å². The number of amides is 2. The van der Waals surface area contributed by atoms with Crippen LogP contribution in [0.3, 0.4) is 0 Å². The van der Waals surface area contributed by atoms with Gasteiger partial charge in [-0.25, -0.2) is 0 Å². The Kier molecular flexibility index (Phi) is 29.8. The van der Waals surface area contributed by atoms with Crippen LogP contribution in [0, 0.1) is 0 Å². The maximum absolute atomic E-state index is 11.4. The van der Waals surface area contributed by atoms with Gasteiger partial charge in [0.2, 0.25) is 0 Å². The molecule has 0 aromatic heterocycles. The molecule has 0 aliphatic carbocycles. The minimum Gasteiger partial charge on any atom is -0.377 e. The molecule has 0 saturated carbocycles. The number of ether oxygens (including phenoxy) is 12. The molecule has 1 saturated heterocycles. The molecule has 1 fully saturated rings. The van der Waals surface area contributed by atoms with E-state index in [4.69, 9.17) is 56.8 Å². The third kappa shape index (κ3) is 26.8. The molecule has 49 heavy (non-hydrogen) atoms. The van der Waals surface area contributed by atoms with Crippen LogP contribution in [0.1, 0.15) is 12.8 Å². The van der Waals surface area contributed by atoms with Gasteiger partial charge >= 0.3 is 0 Å². The van der Waals surface area contributed by atoms with Crippen LogP contribution in [0.5, 0.6) is 0 Å².